The Bertz CT molecular complexity index is 1100. The number of amides is 1. The molecule has 2 fully saturated rings. The summed E-state index contributed by atoms with van der Waals surface area (Å²) >= 11 is 6.70. The molecule has 180 valence electrons. The van der Waals surface area contributed by atoms with E-state index in [-0.39, 0.29) is 29.8 Å². The number of ketones is 1. The van der Waals surface area contributed by atoms with Crippen LogP contribution in [0, 0.1) is 17.7 Å². The first-order chi connectivity index (χ1) is 16.2. The van der Waals surface area contributed by atoms with Gasteiger partial charge in [-0.3, -0.25) is 9.59 Å². The minimum atomic E-state index is -0.774. The van der Waals surface area contributed by atoms with Crippen LogP contribution in [0.5, 0.6) is 0 Å². The number of nitrogens with one attached hydrogen (secondary N) is 2. The first kappa shape index (κ1) is 24.4. The zero-order valence-electron chi connectivity index (χ0n) is 19.5. The number of hydrogen-bond donors (Lipinski definition) is 2. The first-order valence-corrected chi connectivity index (χ1v) is 12.0. The highest BCUT2D eigenvalue weighted by molar-refractivity contribution is 6.34. The predicted molar refractivity (Wildman–Crippen MR) is 131 cm³/mol. The molecule has 4 atom stereocenters. The monoisotopic (exact) mass is 484 g/mol. The van der Waals surface area contributed by atoms with Crippen molar-refractivity contribution in [1.29, 1.82) is 0 Å². The van der Waals surface area contributed by atoms with Gasteiger partial charge in [-0.2, -0.15) is 0 Å². The molecule has 2 aromatic rings. The molecular weight excluding hydrogens is 455 g/mol. The molecule has 0 aliphatic carbocycles. The number of hydrogen-bond acceptors (Lipinski definition) is 4. The minimum Gasteiger partial charge on any atom is -0.378 e. The molecule has 2 saturated heterocycles. The van der Waals surface area contributed by atoms with Crippen LogP contribution < -0.4 is 10.6 Å². The van der Waals surface area contributed by atoms with Crippen molar-refractivity contribution in [3.8, 4) is 0 Å². The van der Waals surface area contributed by atoms with E-state index in [9.17, 15) is 14.0 Å². The number of anilines is 1. The maximum absolute atomic E-state index is 14.0. The highest BCUT2D eigenvalue weighted by Gasteiger charge is 2.42. The Morgan fingerprint density at radius 3 is 2.76 bits per heavy atom. The molecule has 0 spiro atoms. The number of ether oxygens (including phenoxy) is 1. The SMILES string of the molecule is C=C1N[C@](C)(c2cccc(NC(=O)c3ccccc3F)c2Cl)CC(=O)C1C[C@@H]1CCO[C@H](C)C1. The van der Waals surface area contributed by atoms with Gasteiger partial charge < -0.3 is 15.4 Å². The number of allylic oxidation sites excluding steroid dienone is 1. The highest BCUT2D eigenvalue weighted by Crippen LogP contribution is 2.42. The van der Waals surface area contributed by atoms with Crippen LogP contribution in [0.15, 0.2) is 54.7 Å². The molecule has 0 aromatic heterocycles. The number of carbonyl (C=O) groups excluding carboxylic acids is 2. The van der Waals surface area contributed by atoms with Gasteiger partial charge in [0.1, 0.15) is 11.6 Å². The summed E-state index contributed by atoms with van der Waals surface area (Å²) in [6.07, 6.45) is 3.13. The fourth-order valence-corrected chi connectivity index (χ4v) is 5.50. The van der Waals surface area contributed by atoms with Crippen molar-refractivity contribution >= 4 is 29.0 Å². The van der Waals surface area contributed by atoms with Crippen molar-refractivity contribution in [2.75, 3.05) is 11.9 Å². The molecule has 0 radical (unpaired) electrons. The van der Waals surface area contributed by atoms with E-state index in [2.05, 4.69) is 24.1 Å². The summed E-state index contributed by atoms with van der Waals surface area (Å²) in [6, 6.07) is 11.0. The molecule has 0 bridgehead atoms. The van der Waals surface area contributed by atoms with E-state index in [0.29, 0.717) is 27.9 Å². The second kappa shape index (κ2) is 9.88. The summed E-state index contributed by atoms with van der Waals surface area (Å²) in [6.45, 7) is 8.89. The third-order valence-electron chi connectivity index (χ3n) is 6.90. The van der Waals surface area contributed by atoms with Crippen LogP contribution in [0.2, 0.25) is 5.02 Å². The Morgan fingerprint density at radius 2 is 2.06 bits per heavy atom. The van der Waals surface area contributed by atoms with Gasteiger partial charge in [0.25, 0.3) is 5.91 Å². The molecule has 34 heavy (non-hydrogen) atoms. The van der Waals surface area contributed by atoms with Gasteiger partial charge in [0.15, 0.2) is 0 Å². The maximum atomic E-state index is 14.0. The second-order valence-electron chi connectivity index (χ2n) is 9.59. The molecule has 2 N–H and O–H groups in total. The second-order valence-corrected chi connectivity index (χ2v) is 9.96. The maximum Gasteiger partial charge on any atom is 0.258 e. The van der Waals surface area contributed by atoms with Gasteiger partial charge in [-0.1, -0.05) is 42.4 Å². The topological polar surface area (TPSA) is 67.4 Å². The average molecular weight is 485 g/mol. The van der Waals surface area contributed by atoms with E-state index < -0.39 is 17.3 Å². The third-order valence-corrected chi connectivity index (χ3v) is 7.30. The van der Waals surface area contributed by atoms with Crippen LogP contribution in [0.1, 0.15) is 55.5 Å². The molecule has 7 heteroatoms. The lowest BCUT2D eigenvalue weighted by molar-refractivity contribution is -0.126. The summed E-state index contributed by atoms with van der Waals surface area (Å²) in [5.74, 6) is -0.889. The van der Waals surface area contributed by atoms with Crippen LogP contribution >= 0.6 is 11.6 Å². The molecule has 2 aliphatic heterocycles. The van der Waals surface area contributed by atoms with Gasteiger partial charge in [0.2, 0.25) is 0 Å². The van der Waals surface area contributed by atoms with E-state index >= 15 is 0 Å². The highest BCUT2D eigenvalue weighted by atomic mass is 35.5. The molecule has 0 saturated carbocycles. The molecule has 2 aliphatic rings. The normalized spacial score (nSPS) is 27.2. The Hall–Kier alpha value is -2.70. The van der Waals surface area contributed by atoms with E-state index in [1.807, 2.05) is 13.0 Å². The van der Waals surface area contributed by atoms with E-state index in [4.69, 9.17) is 16.3 Å². The number of halogens is 2. The van der Waals surface area contributed by atoms with Crippen LogP contribution in [0.3, 0.4) is 0 Å². The summed E-state index contributed by atoms with van der Waals surface area (Å²) in [5, 5.41) is 6.45. The van der Waals surface area contributed by atoms with E-state index in [1.54, 1.807) is 18.2 Å². The minimum absolute atomic E-state index is 0.0696. The molecular formula is C27H30ClFN2O3. The van der Waals surface area contributed by atoms with Crippen LogP contribution in [-0.4, -0.2) is 24.4 Å². The van der Waals surface area contributed by atoms with Crippen molar-refractivity contribution < 1.29 is 18.7 Å². The fraction of sp³-hybridized carbons (Fsp3) is 0.407. The lowest BCUT2D eigenvalue weighted by Crippen LogP contribution is -2.49. The van der Waals surface area contributed by atoms with Gasteiger partial charge >= 0.3 is 0 Å². The molecule has 2 aromatic carbocycles. The Balaban J connectivity index is 1.52. The number of Topliss-reactive ketones (excluding diaryl/α,β-unsaturated/α-hetero) is 1. The zero-order chi connectivity index (χ0) is 24.5. The third kappa shape index (κ3) is 5.03. The van der Waals surface area contributed by atoms with Gasteiger partial charge in [-0.15, -0.1) is 0 Å². The van der Waals surface area contributed by atoms with E-state index in [0.717, 1.165) is 25.9 Å². The smallest absolute Gasteiger partial charge is 0.258 e. The molecule has 4 rings (SSSR count). The number of rotatable bonds is 5. The van der Waals surface area contributed by atoms with Gasteiger partial charge in [-0.25, -0.2) is 4.39 Å². The van der Waals surface area contributed by atoms with Gasteiger partial charge in [-0.05, 0) is 62.8 Å². The van der Waals surface area contributed by atoms with Crippen LogP contribution in [0.25, 0.3) is 0 Å². The van der Waals surface area contributed by atoms with Gasteiger partial charge in [0, 0.05) is 18.7 Å². The standard InChI is InChI=1S/C27H30ClFN2O3/c1-16-13-18(11-12-34-16)14-20-17(2)31-27(3,15-24(20)32)21-8-6-10-23(25(21)28)30-26(33)19-7-4-5-9-22(19)29/h4-10,16,18,20,31H,2,11-15H2,1,3H3,(H,30,33)/t16-,18-,20?,27+/m1/s1. The Kier molecular flexibility index (Phi) is 7.10. The van der Waals surface area contributed by atoms with Crippen molar-refractivity contribution in [1.82, 2.24) is 5.32 Å². The number of benzene rings is 2. The predicted octanol–water partition coefficient (Wildman–Crippen LogP) is 5.84. The average Bonchev–Trinajstić information content (AvgIpc) is 2.78. The summed E-state index contributed by atoms with van der Waals surface area (Å²) in [7, 11) is 0. The van der Waals surface area contributed by atoms with Crippen molar-refractivity contribution in [2.45, 2.75) is 51.2 Å². The number of carbonyl (C=O) groups is 2. The Morgan fingerprint density at radius 1 is 1.29 bits per heavy atom. The van der Waals surface area contributed by atoms with Crippen molar-refractivity contribution in [3.05, 3.63) is 76.7 Å². The van der Waals surface area contributed by atoms with Crippen molar-refractivity contribution in [2.24, 2.45) is 11.8 Å². The molecule has 1 amide bonds. The first-order valence-electron chi connectivity index (χ1n) is 11.6. The zero-order valence-corrected chi connectivity index (χ0v) is 20.3. The summed E-state index contributed by atoms with van der Waals surface area (Å²) < 4.78 is 19.7. The summed E-state index contributed by atoms with van der Waals surface area (Å²) in [5.41, 5.74) is 0.873. The van der Waals surface area contributed by atoms with Gasteiger partial charge in [0.05, 0.1) is 33.8 Å². The summed E-state index contributed by atoms with van der Waals surface area (Å²) in [4.78, 5) is 25.9. The molecule has 5 nitrogen and oxygen atoms in total. The lowest BCUT2D eigenvalue weighted by Gasteiger charge is -2.42. The fourth-order valence-electron chi connectivity index (χ4n) is 5.12. The van der Waals surface area contributed by atoms with Crippen molar-refractivity contribution in [3.63, 3.8) is 0 Å². The van der Waals surface area contributed by atoms with E-state index in [1.165, 1.54) is 18.2 Å². The quantitative estimate of drug-likeness (QED) is 0.559. The molecule has 2 heterocycles. The Labute approximate surface area is 204 Å². The lowest BCUT2D eigenvalue weighted by atomic mass is 9.74. The van der Waals surface area contributed by atoms with Crippen LogP contribution in [-0.2, 0) is 15.1 Å². The molecule has 1 unspecified atom stereocenters. The number of piperidine rings is 1. The van der Waals surface area contributed by atoms with Crippen LogP contribution in [0.4, 0.5) is 10.1 Å². The largest absolute Gasteiger partial charge is 0.378 e.